The fraction of sp³-hybridized carbons (Fsp3) is 0.0769. The van der Waals surface area contributed by atoms with Gasteiger partial charge in [0.15, 0.2) is 0 Å². The Morgan fingerprint density at radius 2 is 2.10 bits per heavy atom. The molecule has 1 amide bonds. The maximum atomic E-state index is 13.4. The summed E-state index contributed by atoms with van der Waals surface area (Å²) in [5.41, 5.74) is 6.72. The van der Waals surface area contributed by atoms with Gasteiger partial charge in [-0.2, -0.15) is 0 Å². The first kappa shape index (κ1) is 14.0. The summed E-state index contributed by atoms with van der Waals surface area (Å²) in [5, 5.41) is 2.58. The van der Waals surface area contributed by atoms with Crippen molar-refractivity contribution in [3.05, 3.63) is 53.4 Å². The number of carbonyl (C=O) groups is 1. The molecule has 2 aromatic rings. The van der Waals surface area contributed by atoms with Gasteiger partial charge in [-0.05, 0) is 25.1 Å². The fourth-order valence-electron chi connectivity index (χ4n) is 1.50. The number of halogens is 1. The van der Waals surface area contributed by atoms with E-state index in [9.17, 15) is 9.18 Å². The fourth-order valence-corrected chi connectivity index (χ4v) is 1.65. The summed E-state index contributed by atoms with van der Waals surface area (Å²) < 4.78 is 13.4. The second-order valence-corrected chi connectivity index (χ2v) is 4.50. The van der Waals surface area contributed by atoms with E-state index in [1.807, 2.05) is 0 Å². The number of nitrogens with two attached hydrogens (primary N) is 1. The van der Waals surface area contributed by atoms with Crippen molar-refractivity contribution in [2.75, 3.05) is 5.32 Å². The number of thiocarbonyl (C=S) groups is 1. The molecule has 0 atom stereocenters. The molecule has 0 unspecified atom stereocenters. The summed E-state index contributed by atoms with van der Waals surface area (Å²) in [7, 11) is 0. The summed E-state index contributed by atoms with van der Waals surface area (Å²) >= 11 is 4.73. The van der Waals surface area contributed by atoms with Gasteiger partial charge >= 0.3 is 0 Å². The molecule has 0 saturated heterocycles. The smallest absolute Gasteiger partial charge is 0.275 e. The summed E-state index contributed by atoms with van der Waals surface area (Å²) in [6, 6.07) is 3.97. The molecule has 0 radical (unpaired) electrons. The van der Waals surface area contributed by atoms with Crippen LogP contribution in [0.4, 0.5) is 10.1 Å². The molecule has 0 fully saturated rings. The first-order valence-electron chi connectivity index (χ1n) is 5.66. The Kier molecular flexibility index (Phi) is 3.99. The Labute approximate surface area is 120 Å². The molecule has 7 heteroatoms. The standard InChI is InChI=1S/C13H11FN4OS/c1-7-5-17-11(6-16-7)13(19)18-8-2-3-10(14)9(4-8)12(15)20/h2-6H,1H3,(H2,15,20)(H,18,19). The SMILES string of the molecule is Cc1cnc(C(=O)Nc2ccc(F)c(C(N)=S)c2)cn1. The number of aromatic nitrogens is 2. The van der Waals surface area contributed by atoms with E-state index in [4.69, 9.17) is 18.0 Å². The lowest BCUT2D eigenvalue weighted by Gasteiger charge is -2.07. The van der Waals surface area contributed by atoms with Crippen LogP contribution in [-0.4, -0.2) is 20.9 Å². The molecule has 0 bridgehead atoms. The third-order valence-corrected chi connectivity index (χ3v) is 2.72. The molecular weight excluding hydrogens is 279 g/mol. The van der Waals surface area contributed by atoms with Gasteiger partial charge in [-0.25, -0.2) is 9.37 Å². The van der Waals surface area contributed by atoms with Crippen molar-refractivity contribution in [2.45, 2.75) is 6.92 Å². The lowest BCUT2D eigenvalue weighted by atomic mass is 10.2. The monoisotopic (exact) mass is 290 g/mol. The topological polar surface area (TPSA) is 80.9 Å². The summed E-state index contributed by atoms with van der Waals surface area (Å²) in [6.07, 6.45) is 2.85. The quantitative estimate of drug-likeness (QED) is 0.843. The van der Waals surface area contributed by atoms with Crippen LogP contribution in [0, 0.1) is 12.7 Å². The maximum Gasteiger partial charge on any atom is 0.275 e. The molecule has 0 spiro atoms. The molecule has 1 aromatic carbocycles. The molecule has 1 aromatic heterocycles. The first-order chi connectivity index (χ1) is 9.47. The molecule has 0 aliphatic rings. The van der Waals surface area contributed by atoms with E-state index in [0.717, 1.165) is 0 Å². The van der Waals surface area contributed by atoms with Crippen molar-refractivity contribution in [3.63, 3.8) is 0 Å². The number of anilines is 1. The minimum atomic E-state index is -0.536. The lowest BCUT2D eigenvalue weighted by Crippen LogP contribution is -2.16. The van der Waals surface area contributed by atoms with Crippen LogP contribution in [0.5, 0.6) is 0 Å². The van der Waals surface area contributed by atoms with E-state index in [1.54, 1.807) is 6.92 Å². The summed E-state index contributed by atoms with van der Waals surface area (Å²) in [5.74, 6) is -0.983. The van der Waals surface area contributed by atoms with Crippen LogP contribution in [0.15, 0.2) is 30.6 Å². The second kappa shape index (κ2) is 5.70. The van der Waals surface area contributed by atoms with Crippen molar-refractivity contribution < 1.29 is 9.18 Å². The van der Waals surface area contributed by atoms with E-state index in [1.165, 1.54) is 30.6 Å². The number of hydrogen-bond donors (Lipinski definition) is 2. The number of hydrogen-bond acceptors (Lipinski definition) is 4. The van der Waals surface area contributed by atoms with Gasteiger partial charge in [-0.15, -0.1) is 0 Å². The third-order valence-electron chi connectivity index (χ3n) is 2.50. The van der Waals surface area contributed by atoms with Gasteiger partial charge in [0, 0.05) is 17.4 Å². The highest BCUT2D eigenvalue weighted by Crippen LogP contribution is 2.15. The Bertz CT molecular complexity index is 673. The Balaban J connectivity index is 2.21. The number of nitrogens with one attached hydrogen (secondary N) is 1. The number of amides is 1. The largest absolute Gasteiger partial charge is 0.389 e. The normalized spacial score (nSPS) is 10.1. The first-order valence-corrected chi connectivity index (χ1v) is 6.07. The highest BCUT2D eigenvalue weighted by atomic mass is 32.1. The van der Waals surface area contributed by atoms with Crippen LogP contribution in [0.1, 0.15) is 21.7 Å². The molecule has 1 heterocycles. The molecular formula is C13H11FN4OS. The van der Waals surface area contributed by atoms with Gasteiger partial charge in [0.05, 0.1) is 11.9 Å². The predicted octanol–water partition coefficient (Wildman–Crippen LogP) is 1.81. The van der Waals surface area contributed by atoms with E-state index < -0.39 is 11.7 Å². The highest BCUT2D eigenvalue weighted by molar-refractivity contribution is 7.80. The molecule has 3 N–H and O–H groups in total. The van der Waals surface area contributed by atoms with Crippen molar-refractivity contribution in [3.8, 4) is 0 Å². The van der Waals surface area contributed by atoms with E-state index in [2.05, 4.69) is 15.3 Å². The Hall–Kier alpha value is -2.41. The molecule has 0 aliphatic carbocycles. The van der Waals surface area contributed by atoms with Crippen molar-refractivity contribution in [1.82, 2.24) is 9.97 Å². The van der Waals surface area contributed by atoms with Crippen molar-refractivity contribution in [1.29, 1.82) is 0 Å². The zero-order valence-corrected chi connectivity index (χ0v) is 11.4. The average Bonchev–Trinajstić information content (AvgIpc) is 2.41. The van der Waals surface area contributed by atoms with Crippen LogP contribution in [0.2, 0.25) is 0 Å². The van der Waals surface area contributed by atoms with Crippen LogP contribution in [-0.2, 0) is 0 Å². The lowest BCUT2D eigenvalue weighted by molar-refractivity contribution is 0.102. The number of aryl methyl sites for hydroxylation is 1. The highest BCUT2D eigenvalue weighted by Gasteiger charge is 2.11. The van der Waals surface area contributed by atoms with E-state index in [-0.39, 0.29) is 16.2 Å². The maximum absolute atomic E-state index is 13.4. The van der Waals surface area contributed by atoms with Gasteiger partial charge in [-0.3, -0.25) is 9.78 Å². The van der Waals surface area contributed by atoms with Crippen LogP contribution in [0.25, 0.3) is 0 Å². The third kappa shape index (κ3) is 3.12. The van der Waals surface area contributed by atoms with Gasteiger partial charge in [0.2, 0.25) is 0 Å². The zero-order chi connectivity index (χ0) is 14.7. The van der Waals surface area contributed by atoms with Gasteiger partial charge in [0.25, 0.3) is 5.91 Å². The molecule has 5 nitrogen and oxygen atoms in total. The number of benzene rings is 1. The summed E-state index contributed by atoms with van der Waals surface area (Å²) in [4.78, 5) is 19.8. The van der Waals surface area contributed by atoms with Crippen LogP contribution >= 0.6 is 12.2 Å². The van der Waals surface area contributed by atoms with E-state index >= 15 is 0 Å². The molecule has 2 rings (SSSR count). The second-order valence-electron chi connectivity index (χ2n) is 4.06. The van der Waals surface area contributed by atoms with Crippen molar-refractivity contribution in [2.24, 2.45) is 5.73 Å². The van der Waals surface area contributed by atoms with E-state index in [0.29, 0.717) is 11.4 Å². The number of carbonyl (C=O) groups excluding carboxylic acids is 1. The minimum Gasteiger partial charge on any atom is -0.389 e. The minimum absolute atomic E-state index is 0.0753. The van der Waals surface area contributed by atoms with Crippen LogP contribution in [0.3, 0.4) is 0 Å². The predicted molar refractivity (Wildman–Crippen MR) is 77.0 cm³/mol. The van der Waals surface area contributed by atoms with Crippen molar-refractivity contribution >= 4 is 28.8 Å². The molecule has 102 valence electrons. The Morgan fingerprint density at radius 3 is 2.70 bits per heavy atom. The summed E-state index contributed by atoms with van der Waals surface area (Å²) in [6.45, 7) is 1.77. The average molecular weight is 290 g/mol. The zero-order valence-electron chi connectivity index (χ0n) is 10.6. The molecule has 0 saturated carbocycles. The number of rotatable bonds is 3. The molecule has 0 aliphatic heterocycles. The van der Waals surface area contributed by atoms with Gasteiger partial charge < -0.3 is 11.1 Å². The number of nitrogens with zero attached hydrogens (tertiary/aromatic N) is 2. The Morgan fingerprint density at radius 1 is 1.35 bits per heavy atom. The van der Waals surface area contributed by atoms with Gasteiger partial charge in [-0.1, -0.05) is 12.2 Å². The van der Waals surface area contributed by atoms with Crippen LogP contribution < -0.4 is 11.1 Å². The molecule has 20 heavy (non-hydrogen) atoms. The van der Waals surface area contributed by atoms with Gasteiger partial charge in [0.1, 0.15) is 16.5 Å².